The Bertz CT molecular complexity index is 861. The van der Waals surface area contributed by atoms with Gasteiger partial charge in [-0.15, -0.1) is 0 Å². The van der Waals surface area contributed by atoms with Gasteiger partial charge in [-0.25, -0.2) is 4.79 Å². The van der Waals surface area contributed by atoms with Gasteiger partial charge in [0.05, 0.1) is 10.6 Å². The van der Waals surface area contributed by atoms with Gasteiger partial charge in [-0.3, -0.25) is 20.0 Å². The fourth-order valence-electron chi connectivity index (χ4n) is 2.98. The molecule has 2 aromatic rings. The van der Waals surface area contributed by atoms with Crippen LogP contribution < -0.4 is 10.1 Å². The van der Waals surface area contributed by atoms with Crippen molar-refractivity contribution in [1.82, 2.24) is 14.8 Å². The number of aromatic nitrogens is 1. The minimum absolute atomic E-state index is 0.177. The highest BCUT2D eigenvalue weighted by Gasteiger charge is 2.23. The van der Waals surface area contributed by atoms with Crippen LogP contribution in [0.5, 0.6) is 5.75 Å². The molecule has 0 atom stereocenters. The molecule has 0 bridgehead atoms. The number of hydrogen-bond acceptors (Lipinski definition) is 6. The Morgan fingerprint density at radius 1 is 1.21 bits per heavy atom. The summed E-state index contributed by atoms with van der Waals surface area (Å²) in [5, 5.41) is 13.4. The molecule has 9 nitrogen and oxygen atoms in total. The molecule has 1 aliphatic rings. The van der Waals surface area contributed by atoms with Gasteiger partial charge in [-0.05, 0) is 23.8 Å². The molecule has 0 unspecified atom stereocenters. The number of nitrogens with one attached hydrogen (secondary N) is 1. The van der Waals surface area contributed by atoms with Crippen LogP contribution in [-0.4, -0.2) is 58.5 Å². The molecule has 0 aliphatic carbocycles. The molecule has 1 fully saturated rings. The number of benzene rings is 1. The molecule has 1 aromatic heterocycles. The lowest BCUT2D eigenvalue weighted by Crippen LogP contribution is -2.49. The Morgan fingerprint density at radius 2 is 1.90 bits per heavy atom. The minimum atomic E-state index is -3.12. The largest absolute Gasteiger partial charge is 0.433 e. The number of pyridine rings is 1. The molecule has 1 N–H and O–H groups in total. The van der Waals surface area contributed by atoms with Crippen molar-refractivity contribution in [2.75, 3.05) is 31.5 Å². The monoisotopic (exact) mass is 407 g/mol. The highest BCUT2D eigenvalue weighted by atomic mass is 19.3. The second-order valence-corrected chi connectivity index (χ2v) is 6.36. The number of halogens is 2. The normalized spacial score (nSPS) is 14.7. The lowest BCUT2D eigenvalue weighted by atomic mass is 10.2. The molecule has 154 valence electrons. The molecule has 29 heavy (non-hydrogen) atoms. The van der Waals surface area contributed by atoms with Gasteiger partial charge in [0.25, 0.3) is 5.69 Å². The number of alkyl halides is 2. The van der Waals surface area contributed by atoms with Crippen LogP contribution in [0.4, 0.5) is 25.0 Å². The number of nitrogens with zero attached hydrogens (tertiary/aromatic N) is 4. The summed E-state index contributed by atoms with van der Waals surface area (Å²) in [5.41, 5.74) is 0.594. The van der Waals surface area contributed by atoms with E-state index >= 15 is 0 Å². The highest BCUT2D eigenvalue weighted by molar-refractivity contribution is 5.91. The molecule has 1 aliphatic heterocycles. The molecule has 2 amide bonds. The van der Waals surface area contributed by atoms with Gasteiger partial charge < -0.3 is 15.0 Å². The number of nitro groups is 1. The average molecular weight is 407 g/mol. The summed E-state index contributed by atoms with van der Waals surface area (Å²) in [4.78, 5) is 30.5. The standard InChI is InChI=1S/C18H19F2N5O4/c19-17(20)29-16-2-1-14(25(27)28)11-15(16)22-18(26)24-9-7-23(8-10-24)12-13-3-5-21-6-4-13/h1-6,11,17H,7-10,12H2,(H,22,26). The maximum Gasteiger partial charge on any atom is 0.387 e. The van der Waals surface area contributed by atoms with E-state index in [4.69, 9.17) is 0 Å². The number of nitro benzene ring substituents is 1. The molecule has 1 aromatic carbocycles. The SMILES string of the molecule is O=C(Nc1cc([N+](=O)[O-])ccc1OC(F)F)N1CCN(Cc2ccncc2)CC1. The predicted octanol–water partition coefficient (Wildman–Crippen LogP) is 2.94. The van der Waals surface area contributed by atoms with Crippen molar-refractivity contribution in [2.24, 2.45) is 0 Å². The number of anilines is 1. The van der Waals surface area contributed by atoms with Gasteiger partial charge in [0.15, 0.2) is 0 Å². The molecule has 11 heteroatoms. The number of urea groups is 1. The second-order valence-electron chi connectivity index (χ2n) is 6.36. The van der Waals surface area contributed by atoms with Crippen molar-refractivity contribution in [2.45, 2.75) is 13.2 Å². The van der Waals surface area contributed by atoms with E-state index < -0.39 is 17.6 Å². The number of carbonyl (C=O) groups is 1. The quantitative estimate of drug-likeness (QED) is 0.584. The zero-order valence-corrected chi connectivity index (χ0v) is 15.3. The lowest BCUT2D eigenvalue weighted by Gasteiger charge is -2.34. The van der Waals surface area contributed by atoms with Gasteiger partial charge in [-0.1, -0.05) is 0 Å². The molecule has 1 saturated heterocycles. The van der Waals surface area contributed by atoms with Crippen molar-refractivity contribution in [3.63, 3.8) is 0 Å². The Morgan fingerprint density at radius 3 is 2.52 bits per heavy atom. The number of ether oxygens (including phenoxy) is 1. The first-order valence-electron chi connectivity index (χ1n) is 8.83. The van der Waals surface area contributed by atoms with Crippen LogP contribution >= 0.6 is 0 Å². The van der Waals surface area contributed by atoms with Gasteiger partial charge >= 0.3 is 12.6 Å². The van der Waals surface area contributed by atoms with E-state index in [1.807, 2.05) is 12.1 Å². The van der Waals surface area contributed by atoms with Gasteiger partial charge in [0, 0.05) is 57.3 Å². The number of hydrogen-bond donors (Lipinski definition) is 1. The van der Waals surface area contributed by atoms with Crippen LogP contribution in [0.1, 0.15) is 5.56 Å². The van der Waals surface area contributed by atoms with Gasteiger partial charge in [0.1, 0.15) is 5.75 Å². The zero-order chi connectivity index (χ0) is 20.8. The van der Waals surface area contributed by atoms with Crippen LogP contribution in [0.15, 0.2) is 42.7 Å². The molecule has 3 rings (SSSR count). The van der Waals surface area contributed by atoms with Crippen LogP contribution in [0.3, 0.4) is 0 Å². The first-order valence-corrected chi connectivity index (χ1v) is 8.83. The molecular weight excluding hydrogens is 388 g/mol. The molecular formula is C18H19F2N5O4. The van der Waals surface area contributed by atoms with Crippen LogP contribution in [0.25, 0.3) is 0 Å². The molecule has 2 heterocycles. The molecule has 0 saturated carbocycles. The average Bonchev–Trinajstić information content (AvgIpc) is 2.70. The van der Waals surface area contributed by atoms with E-state index in [2.05, 4.69) is 19.9 Å². The van der Waals surface area contributed by atoms with E-state index in [0.717, 1.165) is 30.3 Å². The summed E-state index contributed by atoms with van der Waals surface area (Å²) in [6.07, 6.45) is 3.44. The number of amides is 2. The number of piperazine rings is 1. The Hall–Kier alpha value is -3.34. The van der Waals surface area contributed by atoms with Crippen LogP contribution in [-0.2, 0) is 6.54 Å². The fraction of sp³-hybridized carbons (Fsp3) is 0.333. The highest BCUT2D eigenvalue weighted by Crippen LogP contribution is 2.30. The molecule has 0 spiro atoms. The van der Waals surface area contributed by atoms with E-state index in [0.29, 0.717) is 26.2 Å². The van der Waals surface area contributed by atoms with Crippen LogP contribution in [0, 0.1) is 10.1 Å². The Labute approximate surface area is 165 Å². The van der Waals surface area contributed by atoms with Crippen molar-refractivity contribution < 1.29 is 23.2 Å². The van der Waals surface area contributed by atoms with Crippen molar-refractivity contribution in [1.29, 1.82) is 0 Å². The Balaban J connectivity index is 1.61. The Kier molecular flexibility index (Phi) is 6.50. The van der Waals surface area contributed by atoms with Crippen molar-refractivity contribution >= 4 is 17.4 Å². The third kappa shape index (κ3) is 5.57. The first kappa shape index (κ1) is 20.4. The smallest absolute Gasteiger partial charge is 0.387 e. The maximum atomic E-state index is 12.6. The summed E-state index contributed by atoms with van der Waals surface area (Å²) in [5.74, 6) is -0.338. The van der Waals surface area contributed by atoms with E-state index in [1.165, 1.54) is 4.90 Å². The second kappa shape index (κ2) is 9.24. The van der Waals surface area contributed by atoms with E-state index in [9.17, 15) is 23.7 Å². The van der Waals surface area contributed by atoms with Gasteiger partial charge in [0.2, 0.25) is 0 Å². The zero-order valence-electron chi connectivity index (χ0n) is 15.3. The molecule has 0 radical (unpaired) electrons. The number of rotatable bonds is 6. The summed E-state index contributed by atoms with van der Waals surface area (Å²) < 4.78 is 29.5. The maximum absolute atomic E-state index is 12.6. The van der Waals surface area contributed by atoms with E-state index in [-0.39, 0.29) is 17.1 Å². The fourth-order valence-corrected chi connectivity index (χ4v) is 2.98. The van der Waals surface area contributed by atoms with Gasteiger partial charge in [-0.2, -0.15) is 8.78 Å². The minimum Gasteiger partial charge on any atom is -0.433 e. The lowest BCUT2D eigenvalue weighted by molar-refractivity contribution is -0.384. The van der Waals surface area contributed by atoms with Crippen molar-refractivity contribution in [3.8, 4) is 5.75 Å². The van der Waals surface area contributed by atoms with Crippen molar-refractivity contribution in [3.05, 3.63) is 58.4 Å². The van der Waals surface area contributed by atoms with E-state index in [1.54, 1.807) is 12.4 Å². The summed E-state index contributed by atoms with van der Waals surface area (Å²) >= 11 is 0. The van der Waals surface area contributed by atoms with Crippen LogP contribution in [0.2, 0.25) is 0 Å². The number of carbonyl (C=O) groups excluding carboxylic acids is 1. The summed E-state index contributed by atoms with van der Waals surface area (Å²) in [7, 11) is 0. The number of non-ortho nitro benzene ring substituents is 1. The predicted molar refractivity (Wildman–Crippen MR) is 99.8 cm³/mol. The topological polar surface area (TPSA) is 101 Å². The summed E-state index contributed by atoms with van der Waals surface area (Å²) in [6, 6.07) is 6.37. The third-order valence-corrected chi connectivity index (χ3v) is 4.45. The summed E-state index contributed by atoms with van der Waals surface area (Å²) in [6.45, 7) is -0.275. The third-order valence-electron chi connectivity index (χ3n) is 4.45. The first-order chi connectivity index (χ1) is 13.9.